The van der Waals surface area contributed by atoms with Crippen molar-refractivity contribution in [1.82, 2.24) is 15.0 Å². The average molecular weight is 382 g/mol. The number of amides is 1. The predicted octanol–water partition coefficient (Wildman–Crippen LogP) is 4.13. The molecule has 0 spiro atoms. The number of carbonyl (C=O) groups is 1. The zero-order chi connectivity index (χ0) is 18.6. The highest BCUT2D eigenvalue weighted by molar-refractivity contribution is 7.09. The summed E-state index contributed by atoms with van der Waals surface area (Å²) in [6.07, 6.45) is 3.42. The van der Waals surface area contributed by atoms with Crippen molar-refractivity contribution in [3.8, 4) is 11.4 Å². The van der Waals surface area contributed by atoms with Gasteiger partial charge < -0.3 is 9.42 Å². The maximum absolute atomic E-state index is 12.6. The Balaban J connectivity index is 1.32. The van der Waals surface area contributed by atoms with E-state index in [2.05, 4.69) is 27.7 Å². The smallest absolute Gasteiger partial charge is 0.236 e. The molecule has 1 aromatic carbocycles. The van der Waals surface area contributed by atoms with Gasteiger partial charge in [0.1, 0.15) is 6.42 Å². The monoisotopic (exact) mass is 381 g/mol. The molecule has 1 amide bonds. The molecule has 3 heterocycles. The summed E-state index contributed by atoms with van der Waals surface area (Å²) < 4.78 is 5.32. The third kappa shape index (κ3) is 4.27. The molecule has 0 atom stereocenters. The number of carbonyl (C=O) groups excluding carboxylic acids is 1. The quantitative estimate of drug-likeness (QED) is 0.667. The van der Waals surface area contributed by atoms with E-state index in [4.69, 9.17) is 4.52 Å². The van der Waals surface area contributed by atoms with E-state index >= 15 is 0 Å². The summed E-state index contributed by atoms with van der Waals surface area (Å²) in [5, 5.41) is 6.17. The van der Waals surface area contributed by atoms with Crippen LogP contribution in [0.5, 0.6) is 0 Å². The number of rotatable bonds is 5. The molecule has 1 aliphatic rings. The number of thiophene rings is 1. The fourth-order valence-corrected chi connectivity index (χ4v) is 4.42. The molecular formula is C21H23N3O2S. The molecule has 3 aromatic rings. The molecule has 0 unspecified atom stereocenters. The Bertz CT molecular complexity index is 896. The molecule has 2 aromatic heterocycles. The number of benzene rings is 1. The third-order valence-corrected chi connectivity index (χ3v) is 6.09. The Labute approximate surface area is 163 Å². The minimum absolute atomic E-state index is 0.0737. The highest BCUT2D eigenvalue weighted by Crippen LogP contribution is 2.24. The van der Waals surface area contributed by atoms with Gasteiger partial charge in [-0.25, -0.2) is 0 Å². The van der Waals surface area contributed by atoms with Crippen molar-refractivity contribution in [2.45, 2.75) is 32.6 Å². The summed E-state index contributed by atoms with van der Waals surface area (Å²) in [6, 6.07) is 12.2. The van der Waals surface area contributed by atoms with Gasteiger partial charge in [-0.15, -0.1) is 11.3 Å². The van der Waals surface area contributed by atoms with Crippen LogP contribution in [0.2, 0.25) is 0 Å². The van der Waals surface area contributed by atoms with Gasteiger partial charge in [0.15, 0.2) is 0 Å². The minimum atomic E-state index is 0.0737. The topological polar surface area (TPSA) is 59.2 Å². The predicted molar refractivity (Wildman–Crippen MR) is 106 cm³/mol. The van der Waals surface area contributed by atoms with Crippen LogP contribution in [0.1, 0.15) is 29.2 Å². The number of aromatic nitrogens is 2. The van der Waals surface area contributed by atoms with Crippen molar-refractivity contribution < 1.29 is 9.32 Å². The van der Waals surface area contributed by atoms with Gasteiger partial charge >= 0.3 is 0 Å². The van der Waals surface area contributed by atoms with Gasteiger partial charge in [-0.05, 0) is 49.1 Å². The first kappa shape index (κ1) is 17.9. The summed E-state index contributed by atoms with van der Waals surface area (Å²) in [6.45, 7) is 3.64. The molecule has 0 bridgehead atoms. The van der Waals surface area contributed by atoms with E-state index in [0.29, 0.717) is 17.6 Å². The first-order valence-corrected chi connectivity index (χ1v) is 10.3. The highest BCUT2D eigenvalue weighted by Gasteiger charge is 2.24. The molecule has 140 valence electrons. The van der Waals surface area contributed by atoms with E-state index in [0.717, 1.165) is 43.5 Å². The van der Waals surface area contributed by atoms with Crippen LogP contribution in [-0.2, 0) is 17.6 Å². The Morgan fingerprint density at radius 2 is 2.04 bits per heavy atom. The highest BCUT2D eigenvalue weighted by atomic mass is 32.1. The Morgan fingerprint density at radius 3 is 2.78 bits per heavy atom. The number of nitrogens with zero attached hydrogens (tertiary/aromatic N) is 3. The van der Waals surface area contributed by atoms with Crippen molar-refractivity contribution in [1.29, 1.82) is 0 Å². The maximum Gasteiger partial charge on any atom is 0.236 e. The summed E-state index contributed by atoms with van der Waals surface area (Å²) in [4.78, 5) is 20.4. The zero-order valence-electron chi connectivity index (χ0n) is 15.4. The lowest BCUT2D eigenvalue weighted by atomic mass is 9.93. The third-order valence-electron chi connectivity index (χ3n) is 5.19. The van der Waals surface area contributed by atoms with Crippen LogP contribution in [0.15, 0.2) is 46.3 Å². The summed E-state index contributed by atoms with van der Waals surface area (Å²) >= 11 is 1.82. The van der Waals surface area contributed by atoms with Gasteiger partial charge in [-0.2, -0.15) is 4.98 Å². The normalized spacial score (nSPS) is 15.2. The van der Waals surface area contributed by atoms with Gasteiger partial charge in [0.2, 0.25) is 17.6 Å². The van der Waals surface area contributed by atoms with E-state index in [9.17, 15) is 4.79 Å². The lowest BCUT2D eigenvalue weighted by Crippen LogP contribution is -2.39. The molecule has 27 heavy (non-hydrogen) atoms. The van der Waals surface area contributed by atoms with Crippen molar-refractivity contribution >= 4 is 17.2 Å². The van der Waals surface area contributed by atoms with Crippen molar-refractivity contribution in [3.63, 3.8) is 0 Å². The zero-order valence-corrected chi connectivity index (χ0v) is 16.2. The molecule has 0 aliphatic carbocycles. The summed E-state index contributed by atoms with van der Waals surface area (Å²) in [5.74, 6) is 1.68. The number of hydrogen-bond donors (Lipinski definition) is 0. The van der Waals surface area contributed by atoms with Gasteiger partial charge in [0, 0.05) is 23.5 Å². The SMILES string of the molecule is Cc1ccccc1-c1noc(CC(=O)N2CCC(Cc3cccs3)CC2)n1. The van der Waals surface area contributed by atoms with E-state index < -0.39 is 0 Å². The molecule has 5 nitrogen and oxygen atoms in total. The number of hydrogen-bond acceptors (Lipinski definition) is 5. The second-order valence-corrected chi connectivity index (χ2v) is 8.14. The molecule has 4 rings (SSSR count). The molecule has 1 aliphatic heterocycles. The van der Waals surface area contributed by atoms with Crippen LogP contribution in [0.4, 0.5) is 0 Å². The van der Waals surface area contributed by atoms with Crippen LogP contribution in [0, 0.1) is 12.8 Å². The van der Waals surface area contributed by atoms with Crippen molar-refractivity contribution in [2.75, 3.05) is 13.1 Å². The van der Waals surface area contributed by atoms with Crippen molar-refractivity contribution in [2.24, 2.45) is 5.92 Å². The summed E-state index contributed by atoms with van der Waals surface area (Å²) in [7, 11) is 0. The Hall–Kier alpha value is -2.47. The first-order valence-electron chi connectivity index (χ1n) is 9.38. The molecule has 0 N–H and O–H groups in total. The Morgan fingerprint density at radius 1 is 1.22 bits per heavy atom. The fraction of sp³-hybridized carbons (Fsp3) is 0.381. The van der Waals surface area contributed by atoms with Crippen LogP contribution < -0.4 is 0 Å². The maximum atomic E-state index is 12.6. The van der Waals surface area contributed by atoms with Crippen LogP contribution in [0.3, 0.4) is 0 Å². The van der Waals surface area contributed by atoms with Gasteiger partial charge in [-0.3, -0.25) is 4.79 Å². The van der Waals surface area contributed by atoms with Gasteiger partial charge in [0.05, 0.1) is 0 Å². The molecule has 6 heteroatoms. The van der Waals surface area contributed by atoms with E-state index in [-0.39, 0.29) is 12.3 Å². The first-order chi connectivity index (χ1) is 13.2. The van der Waals surface area contributed by atoms with E-state index in [1.54, 1.807) is 0 Å². The van der Waals surface area contributed by atoms with Crippen molar-refractivity contribution in [3.05, 3.63) is 58.1 Å². The molecule has 0 saturated carbocycles. The second kappa shape index (κ2) is 8.05. The largest absolute Gasteiger partial charge is 0.342 e. The lowest BCUT2D eigenvalue weighted by molar-refractivity contribution is -0.132. The molecule has 1 fully saturated rings. The van der Waals surface area contributed by atoms with Crippen LogP contribution in [-0.4, -0.2) is 34.0 Å². The van der Waals surface area contributed by atoms with Crippen LogP contribution >= 0.6 is 11.3 Å². The summed E-state index contributed by atoms with van der Waals surface area (Å²) in [5.41, 5.74) is 2.03. The standard InChI is InChI=1S/C21H23N3O2S/c1-15-5-2-3-7-18(15)21-22-19(26-23-21)14-20(25)24-10-8-16(9-11-24)13-17-6-4-12-27-17/h2-7,12,16H,8-11,13-14H2,1H3. The van der Waals surface area contributed by atoms with Crippen LogP contribution in [0.25, 0.3) is 11.4 Å². The van der Waals surface area contributed by atoms with E-state index in [1.807, 2.05) is 47.4 Å². The number of likely N-dealkylation sites (tertiary alicyclic amines) is 1. The van der Waals surface area contributed by atoms with Gasteiger partial charge in [0.25, 0.3) is 0 Å². The van der Waals surface area contributed by atoms with Gasteiger partial charge in [-0.1, -0.05) is 35.5 Å². The molecular weight excluding hydrogens is 358 g/mol. The molecule has 0 radical (unpaired) electrons. The minimum Gasteiger partial charge on any atom is -0.342 e. The second-order valence-electron chi connectivity index (χ2n) is 7.11. The lowest BCUT2D eigenvalue weighted by Gasteiger charge is -2.31. The Kier molecular flexibility index (Phi) is 5.34. The number of aryl methyl sites for hydroxylation is 1. The average Bonchev–Trinajstić information content (AvgIpc) is 3.35. The molecule has 1 saturated heterocycles. The van der Waals surface area contributed by atoms with E-state index in [1.165, 1.54) is 4.88 Å². The number of piperidine rings is 1. The fourth-order valence-electron chi connectivity index (χ4n) is 3.60.